The number of amides is 1. The summed E-state index contributed by atoms with van der Waals surface area (Å²) in [5, 5.41) is 17.1. The molecule has 8 nitrogen and oxygen atoms in total. The number of rotatable bonds is 6. The van der Waals surface area contributed by atoms with Crippen molar-refractivity contribution in [1.29, 1.82) is 0 Å². The highest BCUT2D eigenvalue weighted by Gasteiger charge is 2.12. The molecule has 0 aromatic rings. The Labute approximate surface area is 79.2 Å². The van der Waals surface area contributed by atoms with Crippen molar-refractivity contribution >= 4 is 11.9 Å². The Morgan fingerprint density at radius 1 is 1.57 bits per heavy atom. The molecule has 0 heterocycles. The molecule has 0 aliphatic carbocycles. The predicted molar refractivity (Wildman–Crippen MR) is 42.8 cm³/mol. The van der Waals surface area contributed by atoms with Crippen molar-refractivity contribution in [3.63, 3.8) is 0 Å². The number of carbonyl (C=O) groups is 2. The van der Waals surface area contributed by atoms with Gasteiger partial charge in [-0.3, -0.25) is 9.59 Å². The Morgan fingerprint density at radius 2 is 2.14 bits per heavy atom. The molecule has 0 aliphatic heterocycles. The Balaban J connectivity index is 3.91. The highest BCUT2D eigenvalue weighted by molar-refractivity contribution is 5.79. The second-order valence-electron chi connectivity index (χ2n) is 2.39. The summed E-state index contributed by atoms with van der Waals surface area (Å²) in [5.41, 5.74) is 0. The molecule has 0 radical (unpaired) electrons. The van der Waals surface area contributed by atoms with Gasteiger partial charge < -0.3 is 14.8 Å². The normalized spacial score (nSPS) is 9.21. The summed E-state index contributed by atoms with van der Waals surface area (Å²) in [4.78, 5) is 35.6. The van der Waals surface area contributed by atoms with Crippen LogP contribution in [0, 0.1) is 10.1 Å². The van der Waals surface area contributed by atoms with Gasteiger partial charge in [-0.15, -0.1) is 10.1 Å². The lowest BCUT2D eigenvalue weighted by atomic mass is 10.4. The summed E-state index contributed by atoms with van der Waals surface area (Å²) in [7, 11) is 0. The van der Waals surface area contributed by atoms with Gasteiger partial charge in [-0.05, 0) is 0 Å². The van der Waals surface area contributed by atoms with Gasteiger partial charge in [0.1, 0.15) is 13.2 Å². The van der Waals surface area contributed by atoms with E-state index in [1.165, 1.54) is 6.92 Å². The van der Waals surface area contributed by atoms with E-state index in [9.17, 15) is 19.7 Å². The highest BCUT2D eigenvalue weighted by atomic mass is 16.9. The summed E-state index contributed by atoms with van der Waals surface area (Å²) in [6.07, 6.45) is 0. The fraction of sp³-hybridized carbons (Fsp3) is 0.667. The number of nitrogens with zero attached hydrogens (tertiary/aromatic N) is 2. The topological polar surface area (TPSA) is 110 Å². The van der Waals surface area contributed by atoms with E-state index in [1.807, 2.05) is 0 Å². The monoisotopic (exact) mass is 206 g/mol. The lowest BCUT2D eigenvalue weighted by Crippen LogP contribution is -2.36. The third-order valence-electron chi connectivity index (χ3n) is 1.33. The third kappa shape index (κ3) is 5.75. The minimum absolute atomic E-state index is 0.122. The SMILES string of the molecule is CC(=O)N(CCO[N+](=O)[O-])CC(=O)O. The molecule has 0 spiro atoms. The zero-order chi connectivity index (χ0) is 11.1. The molecule has 1 amide bonds. The molecule has 0 rings (SSSR count). The maximum atomic E-state index is 10.8. The van der Waals surface area contributed by atoms with Crippen molar-refractivity contribution in [3.05, 3.63) is 10.1 Å². The van der Waals surface area contributed by atoms with Gasteiger partial charge in [0.15, 0.2) is 0 Å². The van der Waals surface area contributed by atoms with Crippen LogP contribution in [-0.2, 0) is 14.4 Å². The molecule has 0 aromatic carbocycles. The zero-order valence-corrected chi connectivity index (χ0v) is 7.50. The first-order valence-electron chi connectivity index (χ1n) is 3.68. The van der Waals surface area contributed by atoms with Gasteiger partial charge in [-0.1, -0.05) is 0 Å². The summed E-state index contributed by atoms with van der Waals surface area (Å²) in [5.74, 6) is -1.65. The molecule has 80 valence electrons. The van der Waals surface area contributed by atoms with Gasteiger partial charge in [-0.2, -0.15) is 0 Å². The predicted octanol–water partition coefficient (Wildman–Crippen LogP) is -0.872. The first-order chi connectivity index (χ1) is 6.43. The summed E-state index contributed by atoms with van der Waals surface area (Å²) in [6.45, 7) is 0.230. The minimum Gasteiger partial charge on any atom is -0.480 e. The fourth-order valence-corrected chi connectivity index (χ4v) is 0.737. The first-order valence-corrected chi connectivity index (χ1v) is 3.68. The third-order valence-corrected chi connectivity index (χ3v) is 1.33. The van der Waals surface area contributed by atoms with Crippen molar-refractivity contribution in [1.82, 2.24) is 4.90 Å². The van der Waals surface area contributed by atoms with E-state index in [0.29, 0.717) is 0 Å². The van der Waals surface area contributed by atoms with Crippen LogP contribution in [0.3, 0.4) is 0 Å². The molecule has 14 heavy (non-hydrogen) atoms. The number of aliphatic carboxylic acids is 1. The van der Waals surface area contributed by atoms with Gasteiger partial charge in [0, 0.05) is 13.5 Å². The van der Waals surface area contributed by atoms with Crippen LogP contribution in [0.1, 0.15) is 6.92 Å². The van der Waals surface area contributed by atoms with Crippen LogP contribution < -0.4 is 0 Å². The number of carboxylic acids is 1. The molecule has 8 heteroatoms. The van der Waals surface area contributed by atoms with E-state index in [1.54, 1.807) is 0 Å². The second-order valence-corrected chi connectivity index (χ2v) is 2.39. The van der Waals surface area contributed by atoms with Crippen LogP contribution in [0.25, 0.3) is 0 Å². The molecular formula is C6H10N2O6. The van der Waals surface area contributed by atoms with Crippen molar-refractivity contribution in [3.8, 4) is 0 Å². The van der Waals surface area contributed by atoms with Crippen LogP contribution in [0.5, 0.6) is 0 Å². The lowest BCUT2D eigenvalue weighted by molar-refractivity contribution is -0.757. The van der Waals surface area contributed by atoms with Crippen LogP contribution in [0.15, 0.2) is 0 Å². The highest BCUT2D eigenvalue weighted by Crippen LogP contribution is 1.90. The number of carboxylic acid groups (broad SMARTS) is 1. The van der Waals surface area contributed by atoms with Gasteiger partial charge in [0.25, 0.3) is 5.09 Å². The minimum atomic E-state index is -1.18. The van der Waals surface area contributed by atoms with Crippen molar-refractivity contribution in [2.75, 3.05) is 19.7 Å². The van der Waals surface area contributed by atoms with Gasteiger partial charge in [0.2, 0.25) is 5.91 Å². The smallest absolute Gasteiger partial charge is 0.323 e. The zero-order valence-electron chi connectivity index (χ0n) is 7.50. The van der Waals surface area contributed by atoms with Crippen molar-refractivity contribution in [2.24, 2.45) is 0 Å². The molecule has 0 aromatic heterocycles. The van der Waals surface area contributed by atoms with Crippen LogP contribution in [0.4, 0.5) is 0 Å². The molecular weight excluding hydrogens is 196 g/mol. The number of hydrogen-bond donors (Lipinski definition) is 1. The summed E-state index contributed by atoms with van der Waals surface area (Å²) in [6, 6.07) is 0. The fourth-order valence-electron chi connectivity index (χ4n) is 0.737. The Hall–Kier alpha value is -1.86. The van der Waals surface area contributed by atoms with E-state index in [-0.39, 0.29) is 13.2 Å². The Bertz CT molecular complexity index is 240. The molecule has 0 unspecified atom stereocenters. The molecule has 1 N–H and O–H groups in total. The summed E-state index contributed by atoms with van der Waals surface area (Å²) >= 11 is 0. The van der Waals surface area contributed by atoms with E-state index >= 15 is 0 Å². The first kappa shape index (κ1) is 12.1. The largest absolute Gasteiger partial charge is 0.480 e. The molecule has 0 bridgehead atoms. The van der Waals surface area contributed by atoms with Crippen LogP contribution in [0.2, 0.25) is 0 Å². The lowest BCUT2D eigenvalue weighted by Gasteiger charge is -2.17. The Kier molecular flexibility index (Phi) is 4.97. The second kappa shape index (κ2) is 5.73. The van der Waals surface area contributed by atoms with Gasteiger partial charge >= 0.3 is 5.97 Å². The average Bonchev–Trinajstić information content (AvgIpc) is 2.00. The van der Waals surface area contributed by atoms with E-state index in [0.717, 1.165) is 4.90 Å². The van der Waals surface area contributed by atoms with Crippen molar-refractivity contribution < 1.29 is 24.6 Å². The van der Waals surface area contributed by atoms with Crippen LogP contribution in [-0.4, -0.2) is 46.7 Å². The summed E-state index contributed by atoms with van der Waals surface area (Å²) < 4.78 is 0. The maximum Gasteiger partial charge on any atom is 0.323 e. The quantitative estimate of drug-likeness (QED) is 0.446. The number of carbonyl (C=O) groups excluding carboxylic acids is 1. The van der Waals surface area contributed by atoms with E-state index in [2.05, 4.69) is 4.84 Å². The Morgan fingerprint density at radius 3 is 2.50 bits per heavy atom. The maximum absolute atomic E-state index is 10.8. The molecule has 0 aliphatic rings. The van der Waals surface area contributed by atoms with Crippen LogP contribution >= 0.6 is 0 Å². The average molecular weight is 206 g/mol. The van der Waals surface area contributed by atoms with Gasteiger partial charge in [-0.25, -0.2) is 0 Å². The molecule has 0 fully saturated rings. The molecule has 0 saturated heterocycles. The van der Waals surface area contributed by atoms with Crippen molar-refractivity contribution in [2.45, 2.75) is 6.92 Å². The van der Waals surface area contributed by atoms with E-state index < -0.39 is 23.5 Å². The van der Waals surface area contributed by atoms with Gasteiger partial charge in [0.05, 0.1) is 0 Å². The standard InChI is InChI=1S/C6H10N2O6/c1-5(9)7(4-6(10)11)2-3-14-8(12)13/h2-4H2,1H3,(H,10,11). The van der Waals surface area contributed by atoms with E-state index in [4.69, 9.17) is 5.11 Å². The number of hydrogen-bond acceptors (Lipinski definition) is 5. The molecule has 0 saturated carbocycles. The molecule has 0 atom stereocenters.